The minimum absolute atomic E-state index is 0.188. The zero-order valence-corrected chi connectivity index (χ0v) is 21.2. The van der Waals surface area contributed by atoms with Gasteiger partial charge in [-0.3, -0.25) is 4.79 Å². The van der Waals surface area contributed by atoms with Gasteiger partial charge in [-0.25, -0.2) is 4.79 Å². The molecule has 3 aromatic carbocycles. The van der Waals surface area contributed by atoms with Crippen LogP contribution in [0.25, 0.3) is 0 Å². The number of carbonyl (C=O) groups excluding carboxylic acids is 2. The Balaban J connectivity index is 2.25. The summed E-state index contributed by atoms with van der Waals surface area (Å²) in [6.45, 7) is 2.57. The Morgan fingerprint density at radius 1 is 0.676 bits per heavy atom. The highest BCUT2D eigenvalue weighted by Crippen LogP contribution is 2.47. The van der Waals surface area contributed by atoms with Crippen LogP contribution >= 0.6 is 18.2 Å². The molecule has 0 spiro atoms. The summed E-state index contributed by atoms with van der Waals surface area (Å²) in [5.74, 6) is -0.857. The Kier molecular flexibility index (Phi) is 7.02. The second-order valence-electron chi connectivity index (χ2n) is 8.83. The number of esters is 1. The molecule has 0 saturated carbocycles. The molecule has 172 valence electrons. The highest BCUT2D eigenvalue weighted by atomic mass is 32.1. The molecule has 0 atom stereocenters. The maximum Gasteiger partial charge on any atom is 0.343 e. The van der Waals surface area contributed by atoms with E-state index in [-0.39, 0.29) is 11.1 Å². The molecular formula is C29H27O3PS. The first-order valence-electron chi connectivity index (χ1n) is 11.1. The zero-order chi connectivity index (χ0) is 24.2. The van der Waals surface area contributed by atoms with Gasteiger partial charge in [-0.05, 0) is 55.0 Å². The van der Waals surface area contributed by atoms with E-state index in [9.17, 15) is 9.59 Å². The molecule has 0 bridgehead atoms. The molecule has 4 rings (SSSR count). The molecule has 0 N–H and O–H groups in total. The standard InChI is InChI=1S/C29H27O3PS/c1-29(2,3)32-28(31)27(26(30)25-20-13-21-34-25)33(22-14-7-4-8-15-22,23-16-9-5-10-17-23)24-18-11-6-12-19-24/h4-21H,1-3H3. The summed E-state index contributed by atoms with van der Waals surface area (Å²) >= 11 is 1.34. The fourth-order valence-corrected chi connectivity index (χ4v) is 9.04. The molecule has 0 saturated heterocycles. The molecule has 3 nitrogen and oxygen atoms in total. The van der Waals surface area contributed by atoms with Gasteiger partial charge in [-0.15, -0.1) is 11.3 Å². The van der Waals surface area contributed by atoms with Crippen molar-refractivity contribution in [1.82, 2.24) is 0 Å². The second kappa shape index (κ2) is 9.97. The maximum absolute atomic E-state index is 14.2. The van der Waals surface area contributed by atoms with Crippen molar-refractivity contribution in [2.75, 3.05) is 0 Å². The fraction of sp³-hybridized carbons (Fsp3) is 0.138. The summed E-state index contributed by atoms with van der Waals surface area (Å²) in [5.41, 5.74) is -0.752. The average Bonchev–Trinajstić information content (AvgIpc) is 3.38. The van der Waals surface area contributed by atoms with Crippen LogP contribution in [0.1, 0.15) is 30.4 Å². The number of Topliss-reactive ketones (excluding diaryl/α,β-unsaturated/α-hetero) is 1. The molecular weight excluding hydrogens is 459 g/mol. The Labute approximate surface area is 205 Å². The molecule has 0 fully saturated rings. The summed E-state index contributed by atoms with van der Waals surface area (Å²) in [7, 11) is 0. The topological polar surface area (TPSA) is 43.4 Å². The van der Waals surface area contributed by atoms with Crippen LogP contribution in [0.4, 0.5) is 0 Å². The minimum atomic E-state index is -2.90. The SMILES string of the molecule is CC(C)(C)OC(=O)C(C(=O)c1cccs1)=P(c1ccccc1)(c1ccccc1)c1ccccc1. The van der Waals surface area contributed by atoms with Crippen LogP contribution in [0.2, 0.25) is 0 Å². The average molecular weight is 487 g/mol. The first kappa shape index (κ1) is 23.9. The number of carbonyl (C=O) groups is 2. The molecule has 0 radical (unpaired) electrons. The zero-order valence-electron chi connectivity index (χ0n) is 19.5. The maximum atomic E-state index is 14.2. The van der Waals surface area contributed by atoms with Crippen LogP contribution in [0.15, 0.2) is 109 Å². The predicted molar refractivity (Wildman–Crippen MR) is 145 cm³/mol. The van der Waals surface area contributed by atoms with Gasteiger partial charge < -0.3 is 4.74 Å². The number of thiophene rings is 1. The molecule has 0 aliphatic carbocycles. The third-order valence-electron chi connectivity index (χ3n) is 5.32. The number of ether oxygens (including phenoxy) is 1. The van der Waals surface area contributed by atoms with Gasteiger partial charge in [-0.2, -0.15) is 0 Å². The van der Waals surface area contributed by atoms with E-state index in [1.165, 1.54) is 11.3 Å². The number of ketones is 1. The van der Waals surface area contributed by atoms with Crippen LogP contribution in [0.3, 0.4) is 0 Å². The fourth-order valence-electron chi connectivity index (χ4n) is 4.02. The molecule has 0 aliphatic heterocycles. The summed E-state index contributed by atoms with van der Waals surface area (Å²) in [5, 5.41) is 4.83. The molecule has 5 heteroatoms. The Hall–Kier alpha value is -3.20. The highest BCUT2D eigenvalue weighted by Gasteiger charge is 2.39. The molecule has 0 unspecified atom stereocenters. The van der Waals surface area contributed by atoms with E-state index in [1.54, 1.807) is 6.07 Å². The van der Waals surface area contributed by atoms with Gasteiger partial charge in [0.25, 0.3) is 0 Å². The molecule has 4 aromatic rings. The lowest BCUT2D eigenvalue weighted by Crippen LogP contribution is -2.40. The summed E-state index contributed by atoms with van der Waals surface area (Å²) < 4.78 is 5.93. The smallest absolute Gasteiger partial charge is 0.343 e. The third-order valence-corrected chi connectivity index (χ3v) is 10.5. The second-order valence-corrected chi connectivity index (χ2v) is 13.1. The first-order chi connectivity index (χ1) is 16.3. The van der Waals surface area contributed by atoms with Crippen molar-refractivity contribution in [2.24, 2.45) is 0 Å². The lowest BCUT2D eigenvalue weighted by Gasteiger charge is -2.32. The van der Waals surface area contributed by atoms with Crippen LogP contribution in [0.5, 0.6) is 0 Å². The van der Waals surface area contributed by atoms with Crippen LogP contribution in [-0.4, -0.2) is 22.6 Å². The van der Waals surface area contributed by atoms with E-state index < -0.39 is 18.5 Å². The van der Waals surface area contributed by atoms with E-state index in [0.717, 1.165) is 15.9 Å². The van der Waals surface area contributed by atoms with Gasteiger partial charge in [0.15, 0.2) is 0 Å². The normalized spacial score (nSPS) is 11.6. The van der Waals surface area contributed by atoms with Gasteiger partial charge >= 0.3 is 5.97 Å². The minimum Gasteiger partial charge on any atom is -0.456 e. The Bertz CT molecular complexity index is 1220. The molecule has 1 heterocycles. The van der Waals surface area contributed by atoms with E-state index in [2.05, 4.69) is 0 Å². The summed E-state index contributed by atoms with van der Waals surface area (Å²) in [4.78, 5) is 28.7. The predicted octanol–water partition coefficient (Wildman–Crippen LogP) is 5.44. The van der Waals surface area contributed by atoms with Crippen molar-refractivity contribution < 1.29 is 14.3 Å². The van der Waals surface area contributed by atoms with Gasteiger partial charge in [0.05, 0.1) is 4.88 Å². The van der Waals surface area contributed by atoms with Crippen LogP contribution in [0, 0.1) is 0 Å². The van der Waals surface area contributed by atoms with Crippen LogP contribution < -0.4 is 15.9 Å². The van der Waals surface area contributed by atoms with Crippen molar-refractivity contribution in [3.05, 3.63) is 113 Å². The molecule has 0 amide bonds. The molecule has 34 heavy (non-hydrogen) atoms. The van der Waals surface area contributed by atoms with E-state index in [0.29, 0.717) is 4.88 Å². The van der Waals surface area contributed by atoms with Crippen molar-refractivity contribution in [3.63, 3.8) is 0 Å². The van der Waals surface area contributed by atoms with Gasteiger partial charge in [0, 0.05) is 0 Å². The number of hydrogen-bond donors (Lipinski definition) is 0. The van der Waals surface area contributed by atoms with Crippen molar-refractivity contribution in [1.29, 1.82) is 0 Å². The monoisotopic (exact) mass is 486 g/mol. The highest BCUT2D eigenvalue weighted by molar-refractivity contribution is 7.97. The van der Waals surface area contributed by atoms with E-state index in [1.807, 2.05) is 123 Å². The van der Waals surface area contributed by atoms with Crippen molar-refractivity contribution in [2.45, 2.75) is 26.4 Å². The number of rotatable bonds is 6. The lowest BCUT2D eigenvalue weighted by molar-refractivity contribution is -0.145. The first-order valence-corrected chi connectivity index (χ1v) is 13.8. The third kappa shape index (κ3) is 4.70. The Morgan fingerprint density at radius 2 is 1.12 bits per heavy atom. The number of hydrogen-bond acceptors (Lipinski definition) is 4. The van der Waals surface area contributed by atoms with Gasteiger partial charge in [0.1, 0.15) is 10.9 Å². The summed E-state index contributed by atoms with van der Waals surface area (Å²) in [6, 6.07) is 33.3. The van der Waals surface area contributed by atoms with Crippen molar-refractivity contribution >= 4 is 51.2 Å². The van der Waals surface area contributed by atoms with Gasteiger partial charge in [0.2, 0.25) is 5.78 Å². The summed E-state index contributed by atoms with van der Waals surface area (Å²) in [6.07, 6.45) is 0. The van der Waals surface area contributed by atoms with Crippen LogP contribution in [-0.2, 0) is 9.53 Å². The largest absolute Gasteiger partial charge is 0.456 e. The quantitative estimate of drug-likeness (QED) is 0.158. The Morgan fingerprint density at radius 3 is 1.47 bits per heavy atom. The van der Waals surface area contributed by atoms with E-state index in [4.69, 9.17) is 4.74 Å². The molecule has 1 aromatic heterocycles. The number of benzene rings is 3. The molecule has 0 aliphatic rings. The van der Waals surface area contributed by atoms with Gasteiger partial charge in [-0.1, -0.05) is 97.1 Å². The van der Waals surface area contributed by atoms with E-state index >= 15 is 0 Å². The lowest BCUT2D eigenvalue weighted by atomic mass is 10.2. The van der Waals surface area contributed by atoms with Crippen molar-refractivity contribution in [3.8, 4) is 0 Å².